The molecule has 0 bridgehead atoms. The molecule has 2 heterocycles. The van der Waals surface area contributed by atoms with Crippen LogP contribution in [0.4, 0.5) is 4.79 Å². The zero-order chi connectivity index (χ0) is 18.9. The van der Waals surface area contributed by atoms with Gasteiger partial charge in [0.15, 0.2) is 10.7 Å². The van der Waals surface area contributed by atoms with Crippen LogP contribution in [-0.2, 0) is 10.1 Å². The second-order valence-corrected chi connectivity index (χ2v) is 8.55. The molecule has 1 aromatic carbocycles. The molecular weight excluding hydrogens is 378 g/mol. The van der Waals surface area contributed by atoms with Crippen molar-refractivity contribution in [1.29, 1.82) is 0 Å². The summed E-state index contributed by atoms with van der Waals surface area (Å²) in [5, 5.41) is 4.45. The number of rotatable bonds is 6. The Labute approximate surface area is 155 Å². The molecule has 3 rings (SSSR count). The number of primary amides is 1. The smallest absolute Gasteiger partial charge is 0.358 e. The highest BCUT2D eigenvalue weighted by Gasteiger charge is 2.37. The molecule has 0 saturated heterocycles. The van der Waals surface area contributed by atoms with Gasteiger partial charge in [0.1, 0.15) is 5.75 Å². The summed E-state index contributed by atoms with van der Waals surface area (Å²) in [4.78, 5) is 15.9. The van der Waals surface area contributed by atoms with Gasteiger partial charge in [-0.3, -0.25) is 5.32 Å². The Morgan fingerprint density at radius 1 is 1.38 bits per heavy atom. The number of urea groups is 1. The summed E-state index contributed by atoms with van der Waals surface area (Å²) in [6, 6.07) is 7.40. The Kier molecular flexibility index (Phi) is 5.12. The molecule has 1 aliphatic heterocycles. The molecule has 3 N–H and O–H groups in total. The lowest BCUT2D eigenvalue weighted by molar-refractivity contribution is 0.246. The Morgan fingerprint density at radius 3 is 2.69 bits per heavy atom. The minimum atomic E-state index is -4.13. The number of fused-ring (bicyclic) bond motifs is 1. The topological polar surface area (TPSA) is 120 Å². The van der Waals surface area contributed by atoms with Crippen LogP contribution in [-0.4, -0.2) is 36.2 Å². The summed E-state index contributed by atoms with van der Waals surface area (Å²) in [6.07, 6.45) is 1.22. The first-order chi connectivity index (χ1) is 12.3. The lowest BCUT2D eigenvalue weighted by atomic mass is 10.2. The monoisotopic (exact) mass is 397 g/mol. The second kappa shape index (κ2) is 7.17. The average molecular weight is 397 g/mol. The number of amides is 2. The highest BCUT2D eigenvalue weighted by atomic mass is 32.2. The quantitative estimate of drug-likeness (QED) is 0.705. The van der Waals surface area contributed by atoms with Gasteiger partial charge in [-0.15, -0.1) is 0 Å². The molecule has 11 heteroatoms. The van der Waals surface area contributed by atoms with E-state index in [0.717, 1.165) is 0 Å². The Balaban J connectivity index is 1.84. The third-order valence-corrected chi connectivity index (χ3v) is 5.64. The third-order valence-electron chi connectivity index (χ3n) is 3.44. The van der Waals surface area contributed by atoms with Gasteiger partial charge in [0.05, 0.1) is 6.20 Å². The van der Waals surface area contributed by atoms with Crippen LogP contribution in [0.1, 0.15) is 13.8 Å². The lowest BCUT2D eigenvalue weighted by Crippen LogP contribution is -2.52. The van der Waals surface area contributed by atoms with E-state index in [0.29, 0.717) is 17.6 Å². The van der Waals surface area contributed by atoms with Gasteiger partial charge in [-0.25, -0.2) is 19.5 Å². The van der Waals surface area contributed by atoms with Crippen molar-refractivity contribution in [3.05, 3.63) is 36.5 Å². The zero-order valence-electron chi connectivity index (χ0n) is 14.2. The van der Waals surface area contributed by atoms with Crippen LogP contribution in [0, 0.1) is 5.92 Å². The maximum Gasteiger partial charge on any atom is 0.358 e. The van der Waals surface area contributed by atoms with Crippen molar-refractivity contribution in [2.24, 2.45) is 11.7 Å². The number of nitrogens with zero attached hydrogens (tertiary/aromatic N) is 3. The van der Waals surface area contributed by atoms with Crippen LogP contribution in [0.15, 0.2) is 46.7 Å². The fourth-order valence-electron chi connectivity index (χ4n) is 2.28. The lowest BCUT2D eigenvalue weighted by Gasteiger charge is -2.24. The summed E-state index contributed by atoms with van der Waals surface area (Å²) in [5.74, 6) is 0.546. The van der Waals surface area contributed by atoms with Gasteiger partial charge >= 0.3 is 16.1 Å². The van der Waals surface area contributed by atoms with Gasteiger partial charge in [0, 0.05) is 6.54 Å². The molecule has 9 nitrogen and oxygen atoms in total. The number of hydrogen-bond donors (Lipinski definition) is 2. The number of nitrogens with one attached hydrogen (secondary N) is 1. The standard InChI is InChI=1S/C15H19N5O4S2/c1-10(2)8-17-14-20(13(16)21)19-9-12(18-15(19)25-14)26(22,23)24-11-6-4-3-5-7-11/h3-7,9-10,14,17H,8H2,1-2H3,(H2,16,21). The van der Waals surface area contributed by atoms with E-state index >= 15 is 0 Å². The van der Waals surface area contributed by atoms with Gasteiger partial charge in [0.2, 0.25) is 5.03 Å². The van der Waals surface area contributed by atoms with Crippen molar-refractivity contribution in [3.63, 3.8) is 0 Å². The minimum Gasteiger partial charge on any atom is -0.378 e. The molecular formula is C15H19N5O4S2. The maximum atomic E-state index is 12.4. The molecule has 2 aromatic rings. The average Bonchev–Trinajstić information content (AvgIpc) is 3.10. The predicted octanol–water partition coefficient (Wildman–Crippen LogP) is 1.30. The van der Waals surface area contributed by atoms with E-state index in [9.17, 15) is 13.2 Å². The van der Waals surface area contributed by atoms with E-state index in [1.165, 1.54) is 39.8 Å². The molecule has 0 saturated carbocycles. The number of carbonyl (C=O) groups excluding carboxylic acids is 1. The van der Waals surface area contributed by atoms with Gasteiger partial charge in [-0.2, -0.15) is 8.42 Å². The Morgan fingerprint density at radius 2 is 2.08 bits per heavy atom. The summed E-state index contributed by atoms with van der Waals surface area (Å²) in [6.45, 7) is 4.73. The number of hydrogen-bond acceptors (Lipinski definition) is 7. The van der Waals surface area contributed by atoms with Gasteiger partial charge in [0.25, 0.3) is 0 Å². The zero-order valence-corrected chi connectivity index (χ0v) is 15.8. The van der Waals surface area contributed by atoms with Crippen molar-refractivity contribution in [3.8, 4) is 5.75 Å². The predicted molar refractivity (Wildman–Crippen MR) is 96.8 cm³/mol. The SMILES string of the molecule is CC(C)CNC1Sc2nc(S(=O)(=O)Oc3ccccc3)cn2N1C(N)=O. The van der Waals surface area contributed by atoms with Crippen molar-refractivity contribution < 1.29 is 17.4 Å². The molecule has 1 aromatic heterocycles. The molecule has 26 heavy (non-hydrogen) atoms. The van der Waals surface area contributed by atoms with E-state index in [2.05, 4.69) is 10.3 Å². The van der Waals surface area contributed by atoms with Crippen LogP contribution in [0.25, 0.3) is 0 Å². The van der Waals surface area contributed by atoms with E-state index in [1.54, 1.807) is 18.2 Å². The van der Waals surface area contributed by atoms with Crippen LogP contribution in [0.3, 0.4) is 0 Å². The molecule has 2 amide bonds. The molecule has 1 atom stereocenters. The number of benzene rings is 1. The van der Waals surface area contributed by atoms with E-state index in [-0.39, 0.29) is 10.8 Å². The van der Waals surface area contributed by atoms with E-state index < -0.39 is 21.6 Å². The summed E-state index contributed by atoms with van der Waals surface area (Å²) >= 11 is 1.20. The summed E-state index contributed by atoms with van der Waals surface area (Å²) in [7, 11) is -4.13. The Bertz CT molecular complexity index is 898. The normalized spacial score (nSPS) is 16.7. The fourth-order valence-corrected chi connectivity index (χ4v) is 4.30. The first-order valence-corrected chi connectivity index (χ1v) is 10.1. The van der Waals surface area contributed by atoms with Gasteiger partial charge in [-0.1, -0.05) is 32.0 Å². The minimum absolute atomic E-state index is 0.177. The first kappa shape index (κ1) is 18.5. The summed E-state index contributed by atoms with van der Waals surface area (Å²) in [5.41, 5.74) is 5.00. The third kappa shape index (κ3) is 3.79. The highest BCUT2D eigenvalue weighted by Crippen LogP contribution is 2.32. The fraction of sp³-hybridized carbons (Fsp3) is 0.333. The van der Waals surface area contributed by atoms with Gasteiger partial charge < -0.3 is 9.92 Å². The number of thioether (sulfide) groups is 1. The van der Waals surface area contributed by atoms with Crippen LogP contribution in [0.2, 0.25) is 0 Å². The van der Waals surface area contributed by atoms with E-state index in [1.807, 2.05) is 13.8 Å². The van der Waals surface area contributed by atoms with Crippen LogP contribution >= 0.6 is 11.8 Å². The largest absolute Gasteiger partial charge is 0.378 e. The van der Waals surface area contributed by atoms with Crippen molar-refractivity contribution in [2.75, 3.05) is 11.6 Å². The molecule has 0 aliphatic carbocycles. The molecule has 0 radical (unpaired) electrons. The number of carbonyl (C=O) groups is 1. The highest BCUT2D eigenvalue weighted by molar-refractivity contribution is 8.00. The van der Waals surface area contributed by atoms with E-state index in [4.69, 9.17) is 9.92 Å². The van der Waals surface area contributed by atoms with Crippen molar-refractivity contribution in [1.82, 2.24) is 15.0 Å². The molecule has 1 unspecified atom stereocenters. The molecule has 0 spiro atoms. The van der Waals surface area contributed by atoms with Crippen molar-refractivity contribution >= 4 is 27.9 Å². The van der Waals surface area contributed by atoms with Crippen LogP contribution < -0.4 is 20.2 Å². The number of aromatic nitrogens is 2. The number of para-hydroxylation sites is 1. The maximum absolute atomic E-state index is 12.4. The second-order valence-electron chi connectivity index (χ2n) is 6.01. The van der Waals surface area contributed by atoms with Crippen LogP contribution in [0.5, 0.6) is 5.75 Å². The van der Waals surface area contributed by atoms with Crippen molar-refractivity contribution in [2.45, 2.75) is 29.5 Å². The number of imidazole rings is 1. The summed E-state index contributed by atoms with van der Waals surface area (Å²) < 4.78 is 31.2. The molecule has 0 fully saturated rings. The first-order valence-electron chi connectivity index (χ1n) is 7.86. The molecule has 1 aliphatic rings. The number of nitrogens with two attached hydrogens (primary N) is 1. The van der Waals surface area contributed by atoms with Gasteiger partial charge in [-0.05, 0) is 29.8 Å². The Hall–Kier alpha value is -2.24. The molecule has 140 valence electrons.